The Kier molecular flexibility index (Phi) is 8.59. The van der Waals surface area contributed by atoms with Gasteiger partial charge in [0.25, 0.3) is 21.6 Å². The molecule has 1 heterocycles. The Bertz CT molecular complexity index is 1480. The summed E-state index contributed by atoms with van der Waals surface area (Å²) in [6.07, 6.45) is 0. The Balaban J connectivity index is 1.41. The summed E-state index contributed by atoms with van der Waals surface area (Å²) in [5.74, 6) is -0.229. The van der Waals surface area contributed by atoms with Crippen molar-refractivity contribution in [2.24, 2.45) is 0 Å². The van der Waals surface area contributed by atoms with Gasteiger partial charge in [0.05, 0.1) is 21.0 Å². The summed E-state index contributed by atoms with van der Waals surface area (Å²) in [7, 11) is -5.01. The average Bonchev–Trinajstić information content (AvgIpc) is 3.13. The number of rotatable bonds is 10. The molecule has 210 valence electrons. The molecule has 1 aliphatic rings. The zero-order valence-electron chi connectivity index (χ0n) is 22.5. The third-order valence-electron chi connectivity index (χ3n) is 6.83. The maximum Gasteiger partial charge on any atom is 0.494 e. The van der Waals surface area contributed by atoms with E-state index in [2.05, 4.69) is 5.32 Å². The number of thioether (sulfide) groups is 1. The highest BCUT2D eigenvalue weighted by atomic mass is 32.2. The monoisotopic (exact) mass is 583 g/mol. The Morgan fingerprint density at radius 1 is 0.975 bits per heavy atom. The zero-order chi connectivity index (χ0) is 29.1. The molecule has 4 rings (SSSR count). The fraction of sp³-hybridized carbons (Fsp3) is 0.296. The smallest absolute Gasteiger partial charge is 0.399 e. The van der Waals surface area contributed by atoms with Crippen LogP contribution >= 0.6 is 11.8 Å². The maximum absolute atomic E-state index is 12.9. The molecule has 0 saturated carbocycles. The molecule has 2 N–H and O–H groups in total. The van der Waals surface area contributed by atoms with Crippen LogP contribution in [0.5, 0.6) is 0 Å². The molecule has 0 radical (unpaired) electrons. The van der Waals surface area contributed by atoms with E-state index in [1.165, 1.54) is 24.3 Å². The van der Waals surface area contributed by atoms with Crippen molar-refractivity contribution in [1.82, 2.24) is 4.72 Å². The van der Waals surface area contributed by atoms with E-state index < -0.39 is 49.8 Å². The Hall–Kier alpha value is -3.39. The molecule has 1 fully saturated rings. The molecule has 0 aromatic heterocycles. The molecule has 13 heteroatoms. The Labute approximate surface area is 238 Å². The van der Waals surface area contributed by atoms with Gasteiger partial charge >= 0.3 is 7.12 Å². The minimum Gasteiger partial charge on any atom is -0.399 e. The van der Waals surface area contributed by atoms with Crippen LogP contribution in [-0.4, -0.2) is 49.9 Å². The SMILES string of the molecule is CC1(C)OB(c2ccc(C(=O)NS(=O)(=O)c3ccc(NCCSc4ccccc4)c([N+](=O)[O-])c3)cc2)OC1(C)C. The first-order valence-electron chi connectivity index (χ1n) is 12.5. The lowest BCUT2D eigenvalue weighted by Crippen LogP contribution is -2.41. The van der Waals surface area contributed by atoms with Crippen molar-refractivity contribution in [3.63, 3.8) is 0 Å². The van der Waals surface area contributed by atoms with Crippen LogP contribution in [0.3, 0.4) is 0 Å². The van der Waals surface area contributed by atoms with Gasteiger partial charge in [0.15, 0.2) is 0 Å². The first kappa shape index (κ1) is 29.6. The fourth-order valence-corrected chi connectivity index (χ4v) is 5.64. The van der Waals surface area contributed by atoms with E-state index in [4.69, 9.17) is 9.31 Å². The predicted molar refractivity (Wildman–Crippen MR) is 156 cm³/mol. The van der Waals surface area contributed by atoms with Crippen LogP contribution in [0.1, 0.15) is 38.1 Å². The van der Waals surface area contributed by atoms with Crippen LogP contribution in [0, 0.1) is 10.1 Å². The number of nitrogens with zero attached hydrogens (tertiary/aromatic N) is 1. The van der Waals surface area contributed by atoms with Crippen molar-refractivity contribution < 1.29 is 27.4 Å². The summed E-state index contributed by atoms with van der Waals surface area (Å²) in [6.45, 7) is 8.13. The Morgan fingerprint density at radius 3 is 2.20 bits per heavy atom. The number of benzene rings is 3. The van der Waals surface area contributed by atoms with Gasteiger partial charge in [0, 0.05) is 28.8 Å². The standard InChI is InChI=1S/C27H30BN3O7S2/c1-26(2)27(3,4)38-28(37-26)20-12-10-19(11-13-20)25(32)30-40(35,36)22-14-15-23(24(18-22)31(33)34)29-16-17-39-21-8-6-5-7-9-21/h5-15,18,29H,16-17H2,1-4H3,(H,30,32). The van der Waals surface area contributed by atoms with Crippen LogP contribution in [0.4, 0.5) is 11.4 Å². The summed E-state index contributed by atoms with van der Waals surface area (Å²) in [4.78, 5) is 24.4. The number of nitro groups is 1. The van der Waals surface area contributed by atoms with Gasteiger partial charge in [-0.2, -0.15) is 0 Å². The fourth-order valence-electron chi connectivity index (χ4n) is 3.86. The second kappa shape index (κ2) is 11.6. The largest absolute Gasteiger partial charge is 0.494 e. The lowest BCUT2D eigenvalue weighted by atomic mass is 9.79. The number of carbonyl (C=O) groups is 1. The number of nitro benzene ring substituents is 1. The van der Waals surface area contributed by atoms with Gasteiger partial charge in [-0.1, -0.05) is 30.3 Å². The normalized spacial score (nSPS) is 15.9. The van der Waals surface area contributed by atoms with Gasteiger partial charge in [-0.3, -0.25) is 14.9 Å². The summed E-state index contributed by atoms with van der Waals surface area (Å²) < 4.78 is 39.8. The van der Waals surface area contributed by atoms with E-state index >= 15 is 0 Å². The van der Waals surface area contributed by atoms with Crippen LogP contribution in [0.25, 0.3) is 0 Å². The Morgan fingerprint density at radius 2 is 1.60 bits per heavy atom. The molecule has 0 atom stereocenters. The van der Waals surface area contributed by atoms with Crippen molar-refractivity contribution >= 4 is 51.6 Å². The predicted octanol–water partition coefficient (Wildman–Crippen LogP) is 4.22. The number of anilines is 1. The van der Waals surface area contributed by atoms with E-state index in [1.807, 2.05) is 62.7 Å². The third kappa shape index (κ3) is 6.66. The van der Waals surface area contributed by atoms with Gasteiger partial charge in [0.1, 0.15) is 5.69 Å². The third-order valence-corrected chi connectivity index (χ3v) is 9.17. The molecule has 10 nitrogen and oxygen atoms in total. The highest BCUT2D eigenvalue weighted by Gasteiger charge is 2.51. The molecule has 0 bridgehead atoms. The van der Waals surface area contributed by atoms with Gasteiger partial charge < -0.3 is 14.6 Å². The molecule has 3 aromatic rings. The van der Waals surface area contributed by atoms with Crippen molar-refractivity contribution in [3.8, 4) is 0 Å². The summed E-state index contributed by atoms with van der Waals surface area (Å²) >= 11 is 1.58. The van der Waals surface area contributed by atoms with Crippen LogP contribution in [-0.2, 0) is 19.3 Å². The number of carbonyl (C=O) groups excluding carboxylic acids is 1. The van der Waals surface area contributed by atoms with E-state index in [9.17, 15) is 23.3 Å². The molecular formula is C27H30BN3O7S2. The van der Waals surface area contributed by atoms with Gasteiger partial charge in [-0.25, -0.2) is 13.1 Å². The summed E-state index contributed by atoms with van der Waals surface area (Å²) in [5, 5.41) is 14.7. The van der Waals surface area contributed by atoms with Gasteiger partial charge in [-0.05, 0) is 69.6 Å². The lowest BCUT2D eigenvalue weighted by molar-refractivity contribution is -0.384. The molecule has 0 spiro atoms. The highest BCUT2D eigenvalue weighted by molar-refractivity contribution is 7.99. The van der Waals surface area contributed by atoms with Gasteiger partial charge in [0.2, 0.25) is 0 Å². The number of sulfonamides is 1. The van der Waals surface area contributed by atoms with Crippen molar-refractivity contribution in [2.75, 3.05) is 17.6 Å². The van der Waals surface area contributed by atoms with E-state index in [0.717, 1.165) is 11.0 Å². The maximum atomic E-state index is 12.9. The molecule has 40 heavy (non-hydrogen) atoms. The molecule has 1 amide bonds. The molecular weight excluding hydrogens is 553 g/mol. The van der Waals surface area contributed by atoms with Crippen molar-refractivity contribution in [2.45, 2.75) is 48.7 Å². The molecule has 3 aromatic carbocycles. The zero-order valence-corrected chi connectivity index (χ0v) is 24.2. The van der Waals surface area contributed by atoms with E-state index in [-0.39, 0.29) is 11.3 Å². The average molecular weight is 583 g/mol. The molecule has 0 aliphatic carbocycles. The molecule has 1 saturated heterocycles. The molecule has 1 aliphatic heterocycles. The lowest BCUT2D eigenvalue weighted by Gasteiger charge is -2.32. The summed E-state index contributed by atoms with van der Waals surface area (Å²) in [6, 6.07) is 19.4. The quantitative estimate of drug-likeness (QED) is 0.118. The van der Waals surface area contributed by atoms with Crippen LogP contribution in [0.15, 0.2) is 82.6 Å². The first-order chi connectivity index (χ1) is 18.8. The van der Waals surface area contributed by atoms with Crippen molar-refractivity contribution in [1.29, 1.82) is 0 Å². The van der Waals surface area contributed by atoms with Crippen molar-refractivity contribution in [3.05, 3.63) is 88.5 Å². The molecule has 0 unspecified atom stereocenters. The number of nitrogens with one attached hydrogen (secondary N) is 2. The number of amides is 1. The van der Waals surface area contributed by atoms with Crippen LogP contribution < -0.4 is 15.5 Å². The van der Waals surface area contributed by atoms with Gasteiger partial charge in [-0.15, -0.1) is 11.8 Å². The second-order valence-corrected chi connectivity index (χ2v) is 13.0. The van der Waals surface area contributed by atoms with E-state index in [0.29, 0.717) is 17.8 Å². The minimum atomic E-state index is -4.38. The minimum absolute atomic E-state index is 0.0903. The highest BCUT2D eigenvalue weighted by Crippen LogP contribution is 2.36. The van der Waals surface area contributed by atoms with E-state index in [1.54, 1.807) is 23.9 Å². The first-order valence-corrected chi connectivity index (χ1v) is 15.0. The van der Waals surface area contributed by atoms with Crippen LogP contribution in [0.2, 0.25) is 0 Å². The topological polar surface area (TPSA) is 137 Å². The number of hydrogen-bond acceptors (Lipinski definition) is 9. The number of hydrogen-bond donors (Lipinski definition) is 2. The summed E-state index contributed by atoms with van der Waals surface area (Å²) in [5.41, 5.74) is -0.520. The second-order valence-electron chi connectivity index (χ2n) is 10.2.